The minimum absolute atomic E-state index is 0.133. The number of hydrogen-bond donors (Lipinski definition) is 3. The molecule has 0 amide bonds. The van der Waals surface area contributed by atoms with Gasteiger partial charge in [0.1, 0.15) is 10.8 Å². The van der Waals surface area contributed by atoms with Crippen molar-refractivity contribution in [1.29, 1.82) is 0 Å². The second kappa shape index (κ2) is 7.53. The quantitative estimate of drug-likeness (QED) is 0.248. The van der Waals surface area contributed by atoms with Crippen molar-refractivity contribution >= 4 is 32.9 Å². The lowest BCUT2D eigenvalue weighted by atomic mass is 10.1. The Balaban J connectivity index is 1.55. The second-order valence-corrected chi connectivity index (χ2v) is 8.03. The number of aromatic nitrogens is 1. The maximum atomic E-state index is 13.3. The van der Waals surface area contributed by atoms with E-state index in [0.717, 1.165) is 20.8 Å². The Hall–Kier alpha value is -3.26. The van der Waals surface area contributed by atoms with Crippen LogP contribution in [-0.4, -0.2) is 10.1 Å². The van der Waals surface area contributed by atoms with E-state index in [4.69, 9.17) is 0 Å². The minimum Gasteiger partial charge on any atom is -0.508 e. The monoisotopic (exact) mass is 429 g/mol. The molecule has 0 bridgehead atoms. The van der Waals surface area contributed by atoms with Crippen molar-refractivity contribution in [2.75, 3.05) is 10.9 Å². The van der Waals surface area contributed by atoms with Crippen LogP contribution >= 0.6 is 11.3 Å². The summed E-state index contributed by atoms with van der Waals surface area (Å²) in [6.45, 7) is 3.53. The summed E-state index contributed by atoms with van der Waals surface area (Å²) in [4.78, 5) is 4.64. The maximum Gasteiger partial charge on any atom is 0.418 e. The Labute approximate surface area is 175 Å². The summed E-state index contributed by atoms with van der Waals surface area (Å²) in [5, 5.41) is 10.4. The van der Waals surface area contributed by atoms with E-state index >= 15 is 0 Å². The molecule has 1 aromatic heterocycles. The van der Waals surface area contributed by atoms with Crippen LogP contribution in [0, 0.1) is 13.8 Å². The molecular formula is C22H18F3N3OS. The van der Waals surface area contributed by atoms with Gasteiger partial charge in [0.2, 0.25) is 0 Å². The van der Waals surface area contributed by atoms with Crippen molar-refractivity contribution in [1.82, 2.24) is 4.98 Å². The average molecular weight is 429 g/mol. The third kappa shape index (κ3) is 4.04. The summed E-state index contributed by atoms with van der Waals surface area (Å²) < 4.78 is 41.0. The zero-order valence-electron chi connectivity index (χ0n) is 16.1. The van der Waals surface area contributed by atoms with Crippen LogP contribution in [-0.2, 0) is 6.18 Å². The molecule has 0 fully saturated rings. The van der Waals surface area contributed by atoms with Crippen LogP contribution in [0.5, 0.6) is 5.75 Å². The molecule has 8 heteroatoms. The summed E-state index contributed by atoms with van der Waals surface area (Å²) in [6, 6.07) is 15.3. The molecule has 4 aromatic rings. The van der Waals surface area contributed by atoms with Gasteiger partial charge in [0.25, 0.3) is 0 Å². The number of phenolic OH excluding ortho intramolecular Hbond substituents is 1. The van der Waals surface area contributed by atoms with Crippen LogP contribution < -0.4 is 10.9 Å². The van der Waals surface area contributed by atoms with Crippen molar-refractivity contribution in [2.45, 2.75) is 20.0 Å². The Bertz CT molecular complexity index is 1220. The molecule has 4 rings (SSSR count). The fourth-order valence-electron chi connectivity index (χ4n) is 3.14. The first-order chi connectivity index (χ1) is 14.2. The number of anilines is 2. The molecule has 0 unspecified atom stereocenters. The van der Waals surface area contributed by atoms with Crippen LogP contribution in [0.4, 0.5) is 24.5 Å². The van der Waals surface area contributed by atoms with Gasteiger partial charge >= 0.3 is 6.18 Å². The predicted octanol–water partition coefficient (Wildman–Crippen LogP) is 6.74. The number of nitrogens with one attached hydrogen (secondary N) is 2. The lowest BCUT2D eigenvalue weighted by Gasteiger charge is -2.18. The van der Waals surface area contributed by atoms with Crippen molar-refractivity contribution in [3.8, 4) is 16.3 Å². The van der Waals surface area contributed by atoms with Gasteiger partial charge < -0.3 is 16.0 Å². The van der Waals surface area contributed by atoms with E-state index in [9.17, 15) is 18.3 Å². The molecule has 1 heterocycles. The lowest BCUT2D eigenvalue weighted by Crippen LogP contribution is -2.16. The van der Waals surface area contributed by atoms with Crippen molar-refractivity contribution in [2.24, 2.45) is 0 Å². The normalized spacial score (nSPS) is 11.6. The van der Waals surface area contributed by atoms with E-state index in [1.165, 1.54) is 18.6 Å². The third-order valence-corrected chi connectivity index (χ3v) is 5.70. The van der Waals surface area contributed by atoms with Gasteiger partial charge in [0.05, 0.1) is 27.2 Å². The zero-order valence-corrected chi connectivity index (χ0v) is 16.9. The molecule has 0 saturated carbocycles. The number of fused-ring (bicyclic) bond motifs is 1. The first-order valence-corrected chi connectivity index (χ1v) is 9.93. The van der Waals surface area contributed by atoms with Gasteiger partial charge in [-0.05, 0) is 73.5 Å². The molecule has 0 aliphatic rings. The maximum absolute atomic E-state index is 13.3. The fourth-order valence-corrected chi connectivity index (χ4v) is 4.21. The van der Waals surface area contributed by atoms with E-state index in [1.807, 2.05) is 31.2 Å². The lowest BCUT2D eigenvalue weighted by molar-refractivity contribution is -0.137. The molecule has 0 atom stereocenters. The van der Waals surface area contributed by atoms with Gasteiger partial charge in [-0.1, -0.05) is 6.07 Å². The topological polar surface area (TPSA) is 57.2 Å². The smallest absolute Gasteiger partial charge is 0.418 e. The number of alkyl halides is 3. The van der Waals surface area contributed by atoms with E-state index in [-0.39, 0.29) is 11.3 Å². The minimum atomic E-state index is -4.59. The van der Waals surface area contributed by atoms with Crippen LogP contribution in [0.15, 0.2) is 54.6 Å². The van der Waals surface area contributed by atoms with Crippen LogP contribution in [0.1, 0.15) is 16.7 Å². The number of rotatable bonds is 4. The number of nitrogens with zero attached hydrogens (tertiary/aromatic N) is 1. The Kier molecular flexibility index (Phi) is 5.03. The van der Waals surface area contributed by atoms with Crippen molar-refractivity contribution < 1.29 is 18.3 Å². The van der Waals surface area contributed by atoms with Crippen LogP contribution in [0.2, 0.25) is 0 Å². The number of phenols is 1. The number of halogens is 3. The van der Waals surface area contributed by atoms with Gasteiger partial charge in [-0.2, -0.15) is 13.2 Å². The molecule has 0 spiro atoms. The molecule has 0 aliphatic heterocycles. The number of aryl methyl sites for hydroxylation is 2. The van der Waals surface area contributed by atoms with E-state index in [2.05, 4.69) is 21.9 Å². The van der Waals surface area contributed by atoms with Gasteiger partial charge in [-0.15, -0.1) is 11.3 Å². The molecule has 154 valence electrons. The van der Waals surface area contributed by atoms with E-state index < -0.39 is 17.5 Å². The van der Waals surface area contributed by atoms with E-state index in [1.54, 1.807) is 23.5 Å². The highest BCUT2D eigenvalue weighted by Gasteiger charge is 2.35. The van der Waals surface area contributed by atoms with Crippen LogP contribution in [0.25, 0.3) is 20.8 Å². The highest BCUT2D eigenvalue weighted by molar-refractivity contribution is 7.21. The number of hydrazine groups is 1. The van der Waals surface area contributed by atoms with Gasteiger partial charge in [-0.3, -0.25) is 0 Å². The predicted molar refractivity (Wildman–Crippen MR) is 115 cm³/mol. The Morgan fingerprint density at radius 2 is 1.67 bits per heavy atom. The second-order valence-electron chi connectivity index (χ2n) is 7.00. The molecular weight excluding hydrogens is 411 g/mol. The largest absolute Gasteiger partial charge is 0.508 e. The zero-order chi connectivity index (χ0) is 21.5. The third-order valence-electron chi connectivity index (χ3n) is 4.63. The highest BCUT2D eigenvalue weighted by atomic mass is 32.1. The molecule has 4 nitrogen and oxygen atoms in total. The first kappa shape index (κ1) is 20.0. The number of aromatic hydroxyl groups is 1. The highest BCUT2D eigenvalue weighted by Crippen LogP contribution is 2.39. The summed E-state index contributed by atoms with van der Waals surface area (Å²) in [5.74, 6) is -0.430. The summed E-state index contributed by atoms with van der Waals surface area (Å²) in [6.07, 6.45) is -4.59. The fraction of sp³-hybridized carbons (Fsp3) is 0.136. The summed E-state index contributed by atoms with van der Waals surface area (Å²) in [5.41, 5.74) is 8.26. The molecule has 0 saturated heterocycles. The summed E-state index contributed by atoms with van der Waals surface area (Å²) >= 11 is 1.59. The molecule has 0 radical (unpaired) electrons. The van der Waals surface area contributed by atoms with Gasteiger partial charge in [-0.25, -0.2) is 4.98 Å². The van der Waals surface area contributed by atoms with E-state index in [0.29, 0.717) is 11.8 Å². The first-order valence-electron chi connectivity index (χ1n) is 9.11. The standard InChI is InChI=1S/C22H18F3N3OS/c1-12-3-8-18-19(9-12)30-21(26-18)14-4-6-15(7-5-14)27-28-20-13(2)10-16(29)11-17(20)22(23,24)25/h3-11,27-29H,1-2H3. The SMILES string of the molecule is Cc1ccc2nc(-c3ccc(NNc4c(C)cc(O)cc4C(F)(F)F)cc3)sc2c1. The van der Waals surface area contributed by atoms with Crippen molar-refractivity contribution in [3.05, 3.63) is 71.3 Å². The average Bonchev–Trinajstić information content (AvgIpc) is 3.09. The molecule has 30 heavy (non-hydrogen) atoms. The van der Waals surface area contributed by atoms with Crippen LogP contribution in [0.3, 0.4) is 0 Å². The molecule has 0 aliphatic carbocycles. The number of thiazole rings is 1. The Morgan fingerprint density at radius 1 is 0.933 bits per heavy atom. The molecule has 3 aromatic carbocycles. The summed E-state index contributed by atoms with van der Waals surface area (Å²) in [7, 11) is 0. The van der Waals surface area contributed by atoms with Gasteiger partial charge in [0.15, 0.2) is 0 Å². The van der Waals surface area contributed by atoms with Gasteiger partial charge in [0, 0.05) is 5.56 Å². The number of benzene rings is 3. The number of hydrogen-bond acceptors (Lipinski definition) is 5. The van der Waals surface area contributed by atoms with Crippen molar-refractivity contribution in [3.63, 3.8) is 0 Å². The Morgan fingerprint density at radius 3 is 2.37 bits per heavy atom. The molecule has 3 N–H and O–H groups in total.